The summed E-state index contributed by atoms with van der Waals surface area (Å²) in [6.07, 6.45) is 0.0612. The Bertz CT molecular complexity index is 1020. The number of hydrogen-bond acceptors (Lipinski definition) is 7. The summed E-state index contributed by atoms with van der Waals surface area (Å²) in [4.78, 5) is 28.8. The molecule has 0 bridgehead atoms. The minimum atomic E-state index is -0.405. The molecule has 0 aliphatic heterocycles. The van der Waals surface area contributed by atoms with Crippen molar-refractivity contribution < 1.29 is 9.59 Å². The van der Waals surface area contributed by atoms with E-state index in [1.54, 1.807) is 42.8 Å². The monoisotopic (exact) mass is 450 g/mol. The molecule has 3 rings (SSSR count). The Morgan fingerprint density at radius 1 is 1.24 bits per heavy atom. The highest BCUT2D eigenvalue weighted by atomic mass is 35.5. The number of carbonyl (C=O) groups is 2. The number of nitrogens with one attached hydrogen (secondary N) is 2. The number of carbonyl (C=O) groups excluding carboxylic acids is 2. The number of aryl methyl sites for hydroxylation is 1. The van der Waals surface area contributed by atoms with Gasteiger partial charge in [0.25, 0.3) is 0 Å². The Balaban J connectivity index is 1.57. The molecule has 0 aliphatic carbocycles. The number of anilines is 2. The quantitative estimate of drug-likeness (QED) is 0.534. The number of halogens is 1. The van der Waals surface area contributed by atoms with Gasteiger partial charge in [0.05, 0.1) is 17.4 Å². The van der Waals surface area contributed by atoms with E-state index in [0.29, 0.717) is 26.8 Å². The molecule has 1 aromatic carbocycles. The number of rotatable bonds is 7. The van der Waals surface area contributed by atoms with Crippen molar-refractivity contribution in [1.29, 1.82) is 0 Å². The molecule has 2 amide bonds. The highest BCUT2D eigenvalue weighted by Gasteiger charge is 2.20. The zero-order valence-electron chi connectivity index (χ0n) is 16.0. The maximum Gasteiger partial charge on any atom is 0.239 e. The van der Waals surface area contributed by atoms with Crippen molar-refractivity contribution in [2.75, 3.05) is 10.6 Å². The molecule has 0 saturated heterocycles. The summed E-state index contributed by atoms with van der Waals surface area (Å²) < 4.78 is 1.71. The second-order valence-electron chi connectivity index (χ2n) is 6.23. The SMILES string of the molecule is Cc1csc(NC(=O)[C@@H](C)Sc2nnc(CC(=O)Nc3ccc(Cl)cc3)n2C)n1. The summed E-state index contributed by atoms with van der Waals surface area (Å²) in [6, 6.07) is 6.85. The molecule has 2 N–H and O–H groups in total. The van der Waals surface area contributed by atoms with Crippen molar-refractivity contribution in [1.82, 2.24) is 19.7 Å². The van der Waals surface area contributed by atoms with Gasteiger partial charge in [0.2, 0.25) is 11.8 Å². The Labute approximate surface area is 181 Å². The van der Waals surface area contributed by atoms with Crippen LogP contribution in [0.5, 0.6) is 0 Å². The van der Waals surface area contributed by atoms with E-state index in [1.165, 1.54) is 23.1 Å². The van der Waals surface area contributed by atoms with Gasteiger partial charge in [-0.1, -0.05) is 23.4 Å². The highest BCUT2D eigenvalue weighted by molar-refractivity contribution is 8.00. The standard InChI is InChI=1S/C18H19ClN6O2S2/c1-10-9-28-17(20-10)22-16(27)11(2)29-18-24-23-14(25(18)3)8-15(26)21-13-6-4-12(19)5-7-13/h4-7,9,11H,8H2,1-3H3,(H,21,26)(H,20,22,27)/t11-/m1/s1. The lowest BCUT2D eigenvalue weighted by Crippen LogP contribution is -2.23. The topological polar surface area (TPSA) is 102 Å². The highest BCUT2D eigenvalue weighted by Crippen LogP contribution is 2.24. The predicted octanol–water partition coefficient (Wildman–Crippen LogP) is 3.53. The molecule has 3 aromatic rings. The van der Waals surface area contributed by atoms with Crippen LogP contribution in [0.15, 0.2) is 34.8 Å². The van der Waals surface area contributed by atoms with Gasteiger partial charge < -0.3 is 15.2 Å². The molecule has 11 heteroatoms. The van der Waals surface area contributed by atoms with E-state index in [2.05, 4.69) is 25.8 Å². The molecule has 1 atom stereocenters. The van der Waals surface area contributed by atoms with Crippen LogP contribution in [-0.4, -0.2) is 36.8 Å². The zero-order valence-corrected chi connectivity index (χ0v) is 18.4. The molecular formula is C18H19ClN6O2S2. The van der Waals surface area contributed by atoms with Gasteiger partial charge in [0, 0.05) is 23.1 Å². The average molecular weight is 451 g/mol. The lowest BCUT2D eigenvalue weighted by atomic mass is 10.3. The summed E-state index contributed by atoms with van der Waals surface area (Å²) in [5.41, 5.74) is 1.51. The second kappa shape index (κ2) is 9.38. The summed E-state index contributed by atoms with van der Waals surface area (Å²) in [5, 5.41) is 16.9. The fourth-order valence-electron chi connectivity index (χ4n) is 2.31. The number of amides is 2. The van der Waals surface area contributed by atoms with Crippen LogP contribution in [0.2, 0.25) is 5.02 Å². The Kier molecular flexibility index (Phi) is 6.88. The van der Waals surface area contributed by atoms with E-state index < -0.39 is 5.25 Å². The van der Waals surface area contributed by atoms with Gasteiger partial charge >= 0.3 is 0 Å². The number of aromatic nitrogens is 4. The van der Waals surface area contributed by atoms with Crippen LogP contribution in [0.3, 0.4) is 0 Å². The third kappa shape index (κ3) is 5.78. The maximum atomic E-state index is 12.4. The molecule has 0 spiro atoms. The van der Waals surface area contributed by atoms with E-state index in [-0.39, 0.29) is 18.2 Å². The van der Waals surface area contributed by atoms with Crippen LogP contribution in [0.4, 0.5) is 10.8 Å². The molecule has 29 heavy (non-hydrogen) atoms. The molecule has 0 aliphatic rings. The number of benzene rings is 1. The van der Waals surface area contributed by atoms with Crippen LogP contribution in [0.25, 0.3) is 0 Å². The maximum absolute atomic E-state index is 12.4. The van der Waals surface area contributed by atoms with Gasteiger partial charge in [-0.25, -0.2) is 4.98 Å². The van der Waals surface area contributed by atoms with Crippen molar-refractivity contribution in [3.05, 3.63) is 46.2 Å². The third-order valence-corrected chi connectivity index (χ3v) is 6.13. The van der Waals surface area contributed by atoms with Crippen molar-refractivity contribution in [2.24, 2.45) is 7.05 Å². The smallest absolute Gasteiger partial charge is 0.239 e. The molecule has 0 unspecified atom stereocenters. The Morgan fingerprint density at radius 2 is 1.97 bits per heavy atom. The van der Waals surface area contributed by atoms with Crippen molar-refractivity contribution >= 4 is 57.3 Å². The average Bonchev–Trinajstić information content (AvgIpc) is 3.23. The molecule has 0 fully saturated rings. The van der Waals surface area contributed by atoms with Crippen molar-refractivity contribution in [2.45, 2.75) is 30.7 Å². The first-order chi connectivity index (χ1) is 13.8. The minimum Gasteiger partial charge on any atom is -0.326 e. The van der Waals surface area contributed by atoms with Gasteiger partial charge in [-0.3, -0.25) is 9.59 Å². The normalized spacial score (nSPS) is 11.9. The predicted molar refractivity (Wildman–Crippen MR) is 116 cm³/mol. The number of thiazole rings is 1. The van der Waals surface area contributed by atoms with Gasteiger partial charge in [-0.15, -0.1) is 21.5 Å². The van der Waals surface area contributed by atoms with E-state index in [0.717, 1.165) is 5.69 Å². The summed E-state index contributed by atoms with van der Waals surface area (Å²) in [7, 11) is 1.77. The van der Waals surface area contributed by atoms with Crippen LogP contribution in [-0.2, 0) is 23.1 Å². The fourth-order valence-corrected chi connectivity index (χ4v) is 3.96. The van der Waals surface area contributed by atoms with E-state index in [1.807, 2.05) is 12.3 Å². The van der Waals surface area contributed by atoms with Crippen LogP contribution >= 0.6 is 34.7 Å². The lowest BCUT2D eigenvalue weighted by Gasteiger charge is -2.10. The molecular weight excluding hydrogens is 432 g/mol. The van der Waals surface area contributed by atoms with E-state index in [9.17, 15) is 9.59 Å². The number of thioether (sulfide) groups is 1. The first kappa shape index (κ1) is 21.3. The van der Waals surface area contributed by atoms with Crippen LogP contribution < -0.4 is 10.6 Å². The van der Waals surface area contributed by atoms with Crippen molar-refractivity contribution in [3.63, 3.8) is 0 Å². The van der Waals surface area contributed by atoms with E-state index >= 15 is 0 Å². The minimum absolute atomic E-state index is 0.0612. The summed E-state index contributed by atoms with van der Waals surface area (Å²) >= 11 is 8.49. The Morgan fingerprint density at radius 3 is 2.62 bits per heavy atom. The second-order valence-corrected chi connectivity index (χ2v) is 8.84. The zero-order chi connectivity index (χ0) is 21.0. The molecule has 152 valence electrons. The molecule has 2 heterocycles. The largest absolute Gasteiger partial charge is 0.326 e. The van der Waals surface area contributed by atoms with Gasteiger partial charge in [-0.2, -0.15) is 0 Å². The summed E-state index contributed by atoms with van der Waals surface area (Å²) in [6.45, 7) is 3.65. The summed E-state index contributed by atoms with van der Waals surface area (Å²) in [5.74, 6) is 0.112. The van der Waals surface area contributed by atoms with Gasteiger partial charge in [0.1, 0.15) is 5.82 Å². The molecule has 0 saturated carbocycles. The molecule has 8 nitrogen and oxygen atoms in total. The molecule has 2 aromatic heterocycles. The Hall–Kier alpha value is -2.43. The van der Waals surface area contributed by atoms with Crippen molar-refractivity contribution in [3.8, 4) is 0 Å². The number of nitrogens with zero attached hydrogens (tertiary/aromatic N) is 4. The fraction of sp³-hybridized carbons (Fsp3) is 0.278. The lowest BCUT2D eigenvalue weighted by molar-refractivity contribution is -0.116. The molecule has 0 radical (unpaired) electrons. The van der Waals surface area contributed by atoms with Crippen LogP contribution in [0.1, 0.15) is 18.4 Å². The van der Waals surface area contributed by atoms with Gasteiger partial charge in [-0.05, 0) is 38.1 Å². The van der Waals surface area contributed by atoms with E-state index in [4.69, 9.17) is 11.6 Å². The number of hydrogen-bond donors (Lipinski definition) is 2. The van der Waals surface area contributed by atoms with Gasteiger partial charge in [0.15, 0.2) is 10.3 Å². The first-order valence-electron chi connectivity index (χ1n) is 8.65. The first-order valence-corrected chi connectivity index (χ1v) is 10.8. The van der Waals surface area contributed by atoms with Crippen LogP contribution in [0, 0.1) is 6.92 Å². The third-order valence-electron chi connectivity index (χ3n) is 3.87.